The molecule has 0 spiro atoms. The van der Waals surface area contributed by atoms with Gasteiger partial charge in [0.2, 0.25) is 5.91 Å². The molecule has 25 heavy (non-hydrogen) atoms. The molecule has 0 aromatic carbocycles. The second-order valence-electron chi connectivity index (χ2n) is 6.53. The standard InChI is InChI=1S/C20H20N4O/c1-2-19(25)24-8-5-14(13-24)9-15-10-17-18(12-23-20(17)22-11-15)16-3-6-21-7-4-16/h2-4,6-7,10-12,14H,1,5,8-9,13H2,(H,22,23)/t14-/m1/s1. The van der Waals surface area contributed by atoms with Gasteiger partial charge in [-0.25, -0.2) is 4.98 Å². The van der Waals surface area contributed by atoms with E-state index in [0.717, 1.165) is 48.1 Å². The molecule has 0 unspecified atom stereocenters. The highest BCUT2D eigenvalue weighted by Crippen LogP contribution is 2.29. The van der Waals surface area contributed by atoms with E-state index < -0.39 is 0 Å². The largest absolute Gasteiger partial charge is 0.346 e. The average Bonchev–Trinajstić information content (AvgIpc) is 3.28. The summed E-state index contributed by atoms with van der Waals surface area (Å²) in [6, 6.07) is 6.22. The van der Waals surface area contributed by atoms with Gasteiger partial charge in [0.05, 0.1) is 0 Å². The van der Waals surface area contributed by atoms with E-state index in [1.54, 1.807) is 12.4 Å². The predicted molar refractivity (Wildman–Crippen MR) is 97.9 cm³/mol. The van der Waals surface area contributed by atoms with Crippen LogP contribution in [-0.2, 0) is 11.2 Å². The molecule has 1 amide bonds. The van der Waals surface area contributed by atoms with Crippen molar-refractivity contribution in [3.05, 3.63) is 61.2 Å². The van der Waals surface area contributed by atoms with E-state index in [4.69, 9.17) is 0 Å². The number of fused-ring (bicyclic) bond motifs is 1. The first kappa shape index (κ1) is 15.6. The number of hydrogen-bond acceptors (Lipinski definition) is 3. The summed E-state index contributed by atoms with van der Waals surface area (Å²) in [7, 11) is 0. The fourth-order valence-corrected chi connectivity index (χ4v) is 3.59. The lowest BCUT2D eigenvalue weighted by Gasteiger charge is -2.14. The fraction of sp³-hybridized carbons (Fsp3) is 0.250. The Bertz CT molecular complexity index is 916. The third kappa shape index (κ3) is 3.05. The number of amides is 1. The van der Waals surface area contributed by atoms with E-state index in [1.807, 2.05) is 29.4 Å². The fourth-order valence-electron chi connectivity index (χ4n) is 3.59. The molecule has 126 valence electrons. The van der Waals surface area contributed by atoms with Crippen LogP contribution in [0.25, 0.3) is 22.2 Å². The first-order valence-corrected chi connectivity index (χ1v) is 8.52. The van der Waals surface area contributed by atoms with Crippen molar-refractivity contribution in [2.24, 2.45) is 5.92 Å². The molecule has 1 atom stereocenters. The predicted octanol–water partition coefficient (Wildman–Crippen LogP) is 3.20. The summed E-state index contributed by atoms with van der Waals surface area (Å²) in [4.78, 5) is 25.5. The van der Waals surface area contributed by atoms with Crippen LogP contribution in [0, 0.1) is 5.92 Å². The minimum atomic E-state index is 0.0293. The Balaban J connectivity index is 1.57. The lowest BCUT2D eigenvalue weighted by molar-refractivity contribution is -0.125. The Kier molecular flexibility index (Phi) is 4.06. The van der Waals surface area contributed by atoms with E-state index in [2.05, 4.69) is 27.6 Å². The zero-order valence-electron chi connectivity index (χ0n) is 14.0. The summed E-state index contributed by atoms with van der Waals surface area (Å²) in [5, 5.41) is 1.13. The summed E-state index contributed by atoms with van der Waals surface area (Å²) >= 11 is 0. The highest BCUT2D eigenvalue weighted by Gasteiger charge is 2.25. The molecule has 3 aromatic heterocycles. The Morgan fingerprint density at radius 2 is 2.24 bits per heavy atom. The second-order valence-corrected chi connectivity index (χ2v) is 6.53. The summed E-state index contributed by atoms with van der Waals surface area (Å²) in [5.41, 5.74) is 4.37. The number of aromatic amines is 1. The van der Waals surface area contributed by atoms with Gasteiger partial charge in [0, 0.05) is 48.8 Å². The van der Waals surface area contributed by atoms with Crippen LogP contribution < -0.4 is 0 Å². The third-order valence-electron chi connectivity index (χ3n) is 4.88. The number of hydrogen-bond donors (Lipinski definition) is 1. The minimum absolute atomic E-state index is 0.0293. The second kappa shape index (κ2) is 6.51. The third-order valence-corrected chi connectivity index (χ3v) is 4.88. The maximum Gasteiger partial charge on any atom is 0.245 e. The molecule has 3 aromatic rings. The number of likely N-dealkylation sites (tertiary alicyclic amines) is 1. The lowest BCUT2D eigenvalue weighted by Crippen LogP contribution is -2.26. The van der Waals surface area contributed by atoms with Crippen LogP contribution in [0.1, 0.15) is 12.0 Å². The van der Waals surface area contributed by atoms with E-state index in [1.165, 1.54) is 11.6 Å². The van der Waals surface area contributed by atoms with Crippen molar-refractivity contribution in [3.63, 3.8) is 0 Å². The quantitative estimate of drug-likeness (QED) is 0.746. The monoisotopic (exact) mass is 332 g/mol. The zero-order valence-corrected chi connectivity index (χ0v) is 14.0. The van der Waals surface area contributed by atoms with Crippen LogP contribution in [0.2, 0.25) is 0 Å². The van der Waals surface area contributed by atoms with Crippen LogP contribution in [0.15, 0.2) is 55.6 Å². The molecule has 1 saturated heterocycles. The van der Waals surface area contributed by atoms with Gasteiger partial charge in [0.25, 0.3) is 0 Å². The van der Waals surface area contributed by atoms with Crippen molar-refractivity contribution in [1.29, 1.82) is 0 Å². The van der Waals surface area contributed by atoms with Crippen molar-refractivity contribution in [2.45, 2.75) is 12.8 Å². The number of carbonyl (C=O) groups is 1. The van der Waals surface area contributed by atoms with Gasteiger partial charge in [-0.1, -0.05) is 6.58 Å². The molecule has 1 fully saturated rings. The van der Waals surface area contributed by atoms with Gasteiger partial charge in [-0.2, -0.15) is 0 Å². The Morgan fingerprint density at radius 3 is 3.04 bits per heavy atom. The van der Waals surface area contributed by atoms with Gasteiger partial charge in [-0.15, -0.1) is 0 Å². The summed E-state index contributed by atoms with van der Waals surface area (Å²) in [5.74, 6) is 0.508. The zero-order chi connectivity index (χ0) is 17.2. The first-order valence-electron chi connectivity index (χ1n) is 8.52. The maximum atomic E-state index is 11.7. The number of aromatic nitrogens is 3. The Hall–Kier alpha value is -2.95. The van der Waals surface area contributed by atoms with Crippen LogP contribution in [-0.4, -0.2) is 38.8 Å². The minimum Gasteiger partial charge on any atom is -0.346 e. The number of carbonyl (C=O) groups excluding carboxylic acids is 1. The molecule has 1 N–H and O–H groups in total. The molecule has 0 saturated carbocycles. The first-order chi connectivity index (χ1) is 12.2. The number of rotatable bonds is 4. The van der Waals surface area contributed by atoms with Gasteiger partial charge >= 0.3 is 0 Å². The summed E-state index contributed by atoms with van der Waals surface area (Å²) in [6.07, 6.45) is 10.9. The molecular formula is C20H20N4O. The maximum absolute atomic E-state index is 11.7. The van der Waals surface area contributed by atoms with Crippen LogP contribution in [0.3, 0.4) is 0 Å². The van der Waals surface area contributed by atoms with Crippen LogP contribution in [0.4, 0.5) is 0 Å². The van der Waals surface area contributed by atoms with Crippen molar-refractivity contribution in [3.8, 4) is 11.1 Å². The molecule has 0 aliphatic carbocycles. The highest BCUT2D eigenvalue weighted by atomic mass is 16.2. The smallest absolute Gasteiger partial charge is 0.245 e. The van der Waals surface area contributed by atoms with Gasteiger partial charge in [0.15, 0.2) is 0 Å². The van der Waals surface area contributed by atoms with Gasteiger partial charge in [-0.3, -0.25) is 9.78 Å². The van der Waals surface area contributed by atoms with Crippen LogP contribution >= 0.6 is 0 Å². The van der Waals surface area contributed by atoms with Gasteiger partial charge in [-0.05, 0) is 54.2 Å². The lowest BCUT2D eigenvalue weighted by atomic mass is 9.98. The van der Waals surface area contributed by atoms with Crippen molar-refractivity contribution >= 4 is 16.9 Å². The average molecular weight is 332 g/mol. The van der Waals surface area contributed by atoms with E-state index >= 15 is 0 Å². The van der Waals surface area contributed by atoms with Crippen molar-refractivity contribution in [1.82, 2.24) is 19.9 Å². The topological polar surface area (TPSA) is 61.9 Å². The normalized spacial score (nSPS) is 17.1. The molecule has 0 radical (unpaired) electrons. The van der Waals surface area contributed by atoms with E-state index in [-0.39, 0.29) is 5.91 Å². The molecule has 4 rings (SSSR count). The summed E-state index contributed by atoms with van der Waals surface area (Å²) in [6.45, 7) is 5.19. The SMILES string of the molecule is C=CC(=O)N1CC[C@H](Cc2cnc3[nH]cc(-c4ccncc4)c3c2)C1. The van der Waals surface area contributed by atoms with Crippen molar-refractivity contribution < 1.29 is 4.79 Å². The number of H-pyrrole nitrogens is 1. The van der Waals surface area contributed by atoms with E-state index in [9.17, 15) is 4.79 Å². The van der Waals surface area contributed by atoms with Crippen molar-refractivity contribution in [2.75, 3.05) is 13.1 Å². The Morgan fingerprint density at radius 1 is 1.40 bits per heavy atom. The highest BCUT2D eigenvalue weighted by molar-refractivity contribution is 5.93. The number of nitrogens with zero attached hydrogens (tertiary/aromatic N) is 3. The molecule has 1 aliphatic rings. The van der Waals surface area contributed by atoms with Gasteiger partial charge in [0.1, 0.15) is 5.65 Å². The number of nitrogens with one attached hydrogen (secondary N) is 1. The van der Waals surface area contributed by atoms with E-state index in [0.29, 0.717) is 5.92 Å². The van der Waals surface area contributed by atoms with Gasteiger partial charge < -0.3 is 9.88 Å². The molecule has 0 bridgehead atoms. The molecular weight excluding hydrogens is 312 g/mol. The Labute approximate surface area is 146 Å². The summed E-state index contributed by atoms with van der Waals surface area (Å²) < 4.78 is 0. The molecule has 5 nitrogen and oxygen atoms in total. The number of pyridine rings is 2. The molecule has 5 heteroatoms. The molecule has 4 heterocycles. The molecule has 1 aliphatic heterocycles. The van der Waals surface area contributed by atoms with Crippen LogP contribution in [0.5, 0.6) is 0 Å².